The minimum Gasteiger partial charge on any atom is -0.293 e. The summed E-state index contributed by atoms with van der Waals surface area (Å²) in [5.41, 5.74) is 2.23. The third-order valence-corrected chi connectivity index (χ3v) is 6.80. The number of carbonyl (C=O) groups excluding carboxylic acids is 1. The topological polar surface area (TPSA) is 51.2 Å². The lowest BCUT2D eigenvalue weighted by molar-refractivity contribution is 0.0967. The van der Waals surface area contributed by atoms with Crippen LogP contribution in [0.25, 0.3) is 0 Å². The van der Waals surface area contributed by atoms with Gasteiger partial charge in [0.2, 0.25) is 0 Å². The first kappa shape index (κ1) is 21.0. The number of ketones is 1. The molecule has 150 valence electrons. The van der Waals surface area contributed by atoms with Crippen molar-refractivity contribution in [3.8, 4) is 0 Å². The number of hydrogen-bond donors (Lipinski definition) is 0. The van der Waals surface area contributed by atoms with Gasteiger partial charge in [-0.15, -0.1) is 0 Å². The van der Waals surface area contributed by atoms with Gasteiger partial charge >= 0.3 is 0 Å². The standard InChI is InChI=1S/C25H26O3S/c1-25(2,3)21-14-16-22(17-15-21)29(27,28)18-23(19-10-6-4-7-11-19)24(26)20-12-8-5-9-13-20/h4-17,23H,18H2,1-3H3. The van der Waals surface area contributed by atoms with E-state index in [9.17, 15) is 13.2 Å². The first-order valence-electron chi connectivity index (χ1n) is 9.66. The molecular formula is C25H26O3S. The third kappa shape index (κ3) is 5.01. The predicted molar refractivity (Wildman–Crippen MR) is 117 cm³/mol. The summed E-state index contributed by atoms with van der Waals surface area (Å²) >= 11 is 0. The monoisotopic (exact) mass is 406 g/mol. The molecule has 3 aromatic rings. The van der Waals surface area contributed by atoms with Crippen molar-refractivity contribution in [2.24, 2.45) is 0 Å². The molecule has 0 amide bonds. The molecule has 0 aliphatic carbocycles. The Morgan fingerprint density at radius 3 is 1.83 bits per heavy atom. The highest BCUT2D eigenvalue weighted by molar-refractivity contribution is 7.91. The molecule has 4 heteroatoms. The maximum Gasteiger partial charge on any atom is 0.179 e. The van der Waals surface area contributed by atoms with Crippen LogP contribution in [-0.4, -0.2) is 20.0 Å². The van der Waals surface area contributed by atoms with Crippen molar-refractivity contribution in [2.45, 2.75) is 37.0 Å². The van der Waals surface area contributed by atoms with Gasteiger partial charge < -0.3 is 0 Å². The molecule has 0 heterocycles. The van der Waals surface area contributed by atoms with E-state index in [1.807, 2.05) is 48.5 Å². The van der Waals surface area contributed by atoms with Gasteiger partial charge in [0.15, 0.2) is 15.6 Å². The molecule has 0 saturated carbocycles. The summed E-state index contributed by atoms with van der Waals surface area (Å²) in [6.45, 7) is 6.25. The smallest absolute Gasteiger partial charge is 0.179 e. The Morgan fingerprint density at radius 2 is 1.31 bits per heavy atom. The van der Waals surface area contributed by atoms with Crippen LogP contribution in [0.1, 0.15) is 48.2 Å². The van der Waals surface area contributed by atoms with Crippen molar-refractivity contribution < 1.29 is 13.2 Å². The van der Waals surface area contributed by atoms with Gasteiger partial charge in [0, 0.05) is 5.56 Å². The Kier molecular flexibility index (Phi) is 6.04. The van der Waals surface area contributed by atoms with Gasteiger partial charge in [0.1, 0.15) is 0 Å². The number of rotatable bonds is 6. The van der Waals surface area contributed by atoms with Crippen LogP contribution >= 0.6 is 0 Å². The summed E-state index contributed by atoms with van der Waals surface area (Å²) in [6, 6.07) is 25.0. The number of sulfone groups is 1. The van der Waals surface area contributed by atoms with Gasteiger partial charge in [-0.3, -0.25) is 4.79 Å². The minimum atomic E-state index is -3.64. The number of Topliss-reactive ketones (excluding diaryl/α,β-unsaturated/α-hetero) is 1. The SMILES string of the molecule is CC(C)(C)c1ccc(S(=O)(=O)CC(C(=O)c2ccccc2)c2ccccc2)cc1. The zero-order valence-corrected chi connectivity index (χ0v) is 17.8. The van der Waals surface area contributed by atoms with E-state index < -0.39 is 15.8 Å². The van der Waals surface area contributed by atoms with E-state index in [1.54, 1.807) is 36.4 Å². The third-order valence-electron chi connectivity index (χ3n) is 5.04. The number of benzene rings is 3. The normalized spacial score (nSPS) is 13.1. The highest BCUT2D eigenvalue weighted by atomic mass is 32.2. The van der Waals surface area contributed by atoms with E-state index in [0.717, 1.165) is 5.56 Å². The van der Waals surface area contributed by atoms with Crippen molar-refractivity contribution in [2.75, 3.05) is 5.75 Å². The average molecular weight is 407 g/mol. The molecule has 0 saturated heterocycles. The first-order valence-corrected chi connectivity index (χ1v) is 11.3. The molecule has 0 N–H and O–H groups in total. The molecular weight excluding hydrogens is 380 g/mol. The van der Waals surface area contributed by atoms with Gasteiger partial charge in [-0.25, -0.2) is 8.42 Å². The van der Waals surface area contributed by atoms with Crippen molar-refractivity contribution >= 4 is 15.6 Å². The lowest BCUT2D eigenvalue weighted by Gasteiger charge is -2.20. The Balaban J connectivity index is 1.96. The summed E-state index contributed by atoms with van der Waals surface area (Å²) in [6.07, 6.45) is 0. The predicted octanol–water partition coefficient (Wildman–Crippen LogP) is 5.42. The zero-order chi connectivity index (χ0) is 21.1. The van der Waals surface area contributed by atoms with Crippen LogP contribution in [0.5, 0.6) is 0 Å². The molecule has 0 aliphatic rings. The van der Waals surface area contributed by atoms with E-state index in [2.05, 4.69) is 20.8 Å². The fourth-order valence-electron chi connectivity index (χ4n) is 3.29. The molecule has 1 atom stereocenters. The maximum atomic E-state index is 13.2. The van der Waals surface area contributed by atoms with Gasteiger partial charge in [0.05, 0.1) is 16.6 Å². The molecule has 0 aromatic heterocycles. The molecule has 29 heavy (non-hydrogen) atoms. The molecule has 0 aliphatic heterocycles. The molecule has 0 spiro atoms. The molecule has 0 radical (unpaired) electrons. The number of hydrogen-bond acceptors (Lipinski definition) is 3. The second-order valence-corrected chi connectivity index (χ2v) is 10.3. The van der Waals surface area contributed by atoms with E-state index in [4.69, 9.17) is 0 Å². The molecule has 0 bridgehead atoms. The zero-order valence-electron chi connectivity index (χ0n) is 17.0. The molecule has 3 nitrogen and oxygen atoms in total. The quantitative estimate of drug-likeness (QED) is 0.513. The lowest BCUT2D eigenvalue weighted by Crippen LogP contribution is -2.23. The van der Waals surface area contributed by atoms with E-state index >= 15 is 0 Å². The molecule has 0 fully saturated rings. The second kappa shape index (κ2) is 8.34. The fraction of sp³-hybridized carbons (Fsp3) is 0.240. The van der Waals surface area contributed by atoms with Crippen molar-refractivity contribution in [1.82, 2.24) is 0 Å². The number of carbonyl (C=O) groups is 1. The van der Waals surface area contributed by atoms with Gasteiger partial charge in [-0.2, -0.15) is 0 Å². The van der Waals surface area contributed by atoms with Crippen LogP contribution < -0.4 is 0 Å². The van der Waals surface area contributed by atoms with Crippen LogP contribution in [0.4, 0.5) is 0 Å². The highest BCUT2D eigenvalue weighted by Crippen LogP contribution is 2.28. The summed E-state index contributed by atoms with van der Waals surface area (Å²) < 4.78 is 26.3. The lowest BCUT2D eigenvalue weighted by atomic mass is 9.87. The summed E-state index contributed by atoms with van der Waals surface area (Å²) in [5.74, 6) is -1.21. The Morgan fingerprint density at radius 1 is 0.793 bits per heavy atom. The highest BCUT2D eigenvalue weighted by Gasteiger charge is 2.29. The van der Waals surface area contributed by atoms with E-state index in [1.165, 1.54) is 0 Å². The molecule has 3 rings (SSSR count). The van der Waals surface area contributed by atoms with Crippen LogP contribution in [0.2, 0.25) is 0 Å². The van der Waals surface area contributed by atoms with Crippen molar-refractivity contribution in [3.05, 3.63) is 102 Å². The Labute approximate surface area is 173 Å². The van der Waals surface area contributed by atoms with Crippen LogP contribution in [0.3, 0.4) is 0 Å². The molecule has 1 unspecified atom stereocenters. The second-order valence-electron chi connectivity index (χ2n) is 8.25. The van der Waals surface area contributed by atoms with Gasteiger partial charge in [0.25, 0.3) is 0 Å². The van der Waals surface area contributed by atoms with Crippen LogP contribution in [-0.2, 0) is 15.3 Å². The summed E-state index contributed by atoms with van der Waals surface area (Å²) in [4.78, 5) is 13.4. The van der Waals surface area contributed by atoms with Crippen LogP contribution in [0, 0.1) is 0 Å². The minimum absolute atomic E-state index is 0.0574. The van der Waals surface area contributed by atoms with Gasteiger partial charge in [-0.05, 0) is 28.7 Å². The van der Waals surface area contributed by atoms with E-state index in [0.29, 0.717) is 11.1 Å². The Hall–Kier alpha value is -2.72. The maximum absolute atomic E-state index is 13.2. The summed E-state index contributed by atoms with van der Waals surface area (Å²) in [7, 11) is -3.64. The van der Waals surface area contributed by atoms with E-state index in [-0.39, 0.29) is 21.8 Å². The molecule has 3 aromatic carbocycles. The first-order chi connectivity index (χ1) is 13.7. The summed E-state index contributed by atoms with van der Waals surface area (Å²) in [5, 5.41) is 0. The largest absolute Gasteiger partial charge is 0.293 e. The van der Waals surface area contributed by atoms with Crippen LogP contribution in [0.15, 0.2) is 89.8 Å². The average Bonchev–Trinajstić information content (AvgIpc) is 2.72. The van der Waals surface area contributed by atoms with Crippen molar-refractivity contribution in [1.29, 1.82) is 0 Å². The Bertz CT molecular complexity index is 1060. The van der Waals surface area contributed by atoms with Gasteiger partial charge in [-0.1, -0.05) is 93.6 Å². The fourth-order valence-corrected chi connectivity index (χ4v) is 4.82. The van der Waals surface area contributed by atoms with Crippen molar-refractivity contribution in [3.63, 3.8) is 0 Å².